The number of carbonyl (C=O) groups excluding carboxylic acids is 1. The Balaban J connectivity index is 2.37. The Kier molecular flexibility index (Phi) is 4.32. The fourth-order valence-corrected chi connectivity index (χ4v) is 1.98. The monoisotopic (exact) mass is 288 g/mol. The molecule has 1 heterocycles. The Morgan fingerprint density at radius 1 is 1.48 bits per heavy atom. The lowest BCUT2D eigenvalue weighted by molar-refractivity contribution is -0.124. The summed E-state index contributed by atoms with van der Waals surface area (Å²) in [7, 11) is 0. The maximum absolute atomic E-state index is 11.9. The van der Waals surface area contributed by atoms with Crippen molar-refractivity contribution in [1.29, 1.82) is 0 Å². The second-order valence-corrected chi connectivity index (χ2v) is 5.57. The van der Waals surface area contributed by atoms with Gasteiger partial charge in [0.15, 0.2) is 0 Å². The summed E-state index contributed by atoms with van der Waals surface area (Å²) < 4.78 is 1.54. The highest BCUT2D eigenvalue weighted by molar-refractivity contribution is 5.85. The predicted molar refractivity (Wildman–Crippen MR) is 78.5 cm³/mol. The van der Waals surface area contributed by atoms with Crippen molar-refractivity contribution < 1.29 is 4.79 Å². The van der Waals surface area contributed by atoms with Crippen molar-refractivity contribution in [2.75, 3.05) is 6.54 Å². The second-order valence-electron chi connectivity index (χ2n) is 5.57. The molecule has 1 amide bonds. The van der Waals surface area contributed by atoms with Crippen LogP contribution in [0.3, 0.4) is 0 Å². The Morgan fingerprint density at radius 3 is 2.81 bits per heavy atom. The lowest BCUT2D eigenvalue weighted by Crippen LogP contribution is -2.51. The number of nitrogens with zero attached hydrogens (tertiary/aromatic N) is 4. The minimum Gasteiger partial charge on any atom is -0.368 e. The van der Waals surface area contributed by atoms with Gasteiger partial charge in [0, 0.05) is 0 Å². The van der Waals surface area contributed by atoms with Crippen LogP contribution in [0.5, 0.6) is 0 Å². The van der Waals surface area contributed by atoms with Gasteiger partial charge in [-0.1, -0.05) is 26.0 Å². The van der Waals surface area contributed by atoms with E-state index in [0.717, 1.165) is 11.3 Å². The lowest BCUT2D eigenvalue weighted by atomic mass is 9.90. The van der Waals surface area contributed by atoms with Crippen molar-refractivity contribution in [1.82, 2.24) is 25.5 Å². The second kappa shape index (κ2) is 6.01. The van der Waals surface area contributed by atoms with Crippen LogP contribution in [0.4, 0.5) is 0 Å². The Hall–Kier alpha value is -2.28. The van der Waals surface area contributed by atoms with Gasteiger partial charge in [0.05, 0.1) is 5.69 Å². The molecule has 0 radical (unpaired) electrons. The summed E-state index contributed by atoms with van der Waals surface area (Å²) in [6, 6.07) is 7.44. The Labute approximate surface area is 123 Å². The van der Waals surface area contributed by atoms with Gasteiger partial charge in [-0.2, -0.15) is 0 Å². The lowest BCUT2D eigenvalue weighted by Gasteiger charge is -2.29. The number of tetrazole rings is 1. The van der Waals surface area contributed by atoms with Crippen LogP contribution < -0.4 is 11.1 Å². The maximum atomic E-state index is 11.9. The molecule has 0 bridgehead atoms. The number of nitrogens with two attached hydrogens (primary N) is 1. The largest absolute Gasteiger partial charge is 0.368 e. The molecular weight excluding hydrogens is 268 g/mol. The number of benzene rings is 1. The molecule has 0 aliphatic rings. The third-order valence-corrected chi connectivity index (χ3v) is 3.39. The third kappa shape index (κ3) is 3.25. The van der Waals surface area contributed by atoms with Crippen LogP contribution >= 0.6 is 0 Å². The standard InChI is InChI=1S/C14H20N6O/c1-10(2)8-16-14(3,13(15)21)11-5-4-6-12(7-11)20-9-17-18-19-20/h4-7,9-10,16H,8H2,1-3H3,(H2,15,21). The zero-order chi connectivity index (χ0) is 15.5. The van der Waals surface area contributed by atoms with E-state index in [1.807, 2.05) is 24.3 Å². The first-order valence-electron chi connectivity index (χ1n) is 6.82. The van der Waals surface area contributed by atoms with E-state index in [0.29, 0.717) is 12.5 Å². The highest BCUT2D eigenvalue weighted by Gasteiger charge is 2.33. The molecular formula is C14H20N6O. The number of amides is 1. The van der Waals surface area contributed by atoms with E-state index in [1.165, 1.54) is 11.0 Å². The van der Waals surface area contributed by atoms with Gasteiger partial charge >= 0.3 is 0 Å². The summed E-state index contributed by atoms with van der Waals surface area (Å²) in [5.74, 6) is -0.0108. The number of hydrogen-bond donors (Lipinski definition) is 2. The molecule has 112 valence electrons. The Morgan fingerprint density at radius 2 is 2.24 bits per heavy atom. The summed E-state index contributed by atoms with van der Waals surface area (Å²) in [5, 5.41) is 14.3. The van der Waals surface area contributed by atoms with Crippen LogP contribution in [-0.2, 0) is 10.3 Å². The van der Waals surface area contributed by atoms with Crippen molar-refractivity contribution in [3.8, 4) is 5.69 Å². The zero-order valence-electron chi connectivity index (χ0n) is 12.4. The van der Waals surface area contributed by atoms with E-state index in [1.54, 1.807) is 6.92 Å². The number of primary amides is 1. The molecule has 7 nitrogen and oxygen atoms in total. The molecule has 21 heavy (non-hydrogen) atoms. The minimum atomic E-state index is -0.936. The molecule has 0 saturated carbocycles. The predicted octanol–water partition coefficient (Wildman–Crippen LogP) is 0.608. The molecule has 0 spiro atoms. The van der Waals surface area contributed by atoms with Crippen molar-refractivity contribution >= 4 is 5.91 Å². The van der Waals surface area contributed by atoms with Crippen molar-refractivity contribution in [2.24, 2.45) is 11.7 Å². The van der Waals surface area contributed by atoms with E-state index >= 15 is 0 Å². The summed E-state index contributed by atoms with van der Waals surface area (Å²) >= 11 is 0. The van der Waals surface area contributed by atoms with Crippen molar-refractivity contribution in [3.05, 3.63) is 36.2 Å². The van der Waals surface area contributed by atoms with Crippen LogP contribution in [0.2, 0.25) is 0 Å². The SMILES string of the molecule is CC(C)CNC(C)(C(N)=O)c1cccc(-n2cnnn2)c1. The average molecular weight is 288 g/mol. The first kappa shape index (κ1) is 15.1. The summed E-state index contributed by atoms with van der Waals surface area (Å²) in [5.41, 5.74) is 6.23. The third-order valence-electron chi connectivity index (χ3n) is 3.39. The van der Waals surface area contributed by atoms with Gasteiger partial charge in [-0.15, -0.1) is 5.10 Å². The van der Waals surface area contributed by atoms with Crippen LogP contribution in [-0.4, -0.2) is 32.7 Å². The smallest absolute Gasteiger partial charge is 0.242 e. The van der Waals surface area contributed by atoms with E-state index in [2.05, 4.69) is 34.7 Å². The molecule has 0 aliphatic heterocycles. The van der Waals surface area contributed by atoms with E-state index < -0.39 is 11.4 Å². The molecule has 0 aliphatic carbocycles. The molecule has 3 N–H and O–H groups in total. The molecule has 0 saturated heterocycles. The minimum absolute atomic E-state index is 0.409. The number of nitrogens with one attached hydrogen (secondary N) is 1. The molecule has 1 aromatic carbocycles. The topological polar surface area (TPSA) is 98.7 Å². The van der Waals surface area contributed by atoms with Gasteiger partial charge < -0.3 is 5.73 Å². The van der Waals surface area contributed by atoms with E-state index in [9.17, 15) is 4.79 Å². The first-order valence-corrected chi connectivity index (χ1v) is 6.82. The number of hydrogen-bond acceptors (Lipinski definition) is 5. The fourth-order valence-electron chi connectivity index (χ4n) is 1.98. The Bertz CT molecular complexity index is 610. The van der Waals surface area contributed by atoms with Crippen LogP contribution in [0.1, 0.15) is 26.3 Å². The molecule has 2 aromatic rings. The van der Waals surface area contributed by atoms with Gasteiger partial charge in [-0.25, -0.2) is 4.68 Å². The average Bonchev–Trinajstić information content (AvgIpc) is 2.99. The highest BCUT2D eigenvalue weighted by atomic mass is 16.1. The molecule has 7 heteroatoms. The van der Waals surface area contributed by atoms with E-state index in [4.69, 9.17) is 5.73 Å². The fraction of sp³-hybridized carbons (Fsp3) is 0.429. The molecule has 1 atom stereocenters. The highest BCUT2D eigenvalue weighted by Crippen LogP contribution is 2.23. The van der Waals surface area contributed by atoms with E-state index in [-0.39, 0.29) is 0 Å². The van der Waals surface area contributed by atoms with Gasteiger partial charge in [-0.05, 0) is 47.5 Å². The van der Waals surface area contributed by atoms with Crippen molar-refractivity contribution in [2.45, 2.75) is 26.3 Å². The molecule has 1 aromatic heterocycles. The van der Waals surface area contributed by atoms with Crippen molar-refractivity contribution in [3.63, 3.8) is 0 Å². The summed E-state index contributed by atoms with van der Waals surface area (Å²) in [6.07, 6.45) is 1.50. The van der Waals surface area contributed by atoms with Gasteiger partial charge in [-0.3, -0.25) is 10.1 Å². The summed E-state index contributed by atoms with van der Waals surface area (Å²) in [4.78, 5) is 11.9. The molecule has 1 unspecified atom stereocenters. The zero-order valence-corrected chi connectivity index (χ0v) is 12.4. The number of rotatable bonds is 6. The quantitative estimate of drug-likeness (QED) is 0.811. The molecule has 2 rings (SSSR count). The number of carbonyl (C=O) groups is 1. The van der Waals surface area contributed by atoms with Gasteiger partial charge in [0.25, 0.3) is 0 Å². The van der Waals surface area contributed by atoms with Gasteiger partial charge in [0.1, 0.15) is 11.9 Å². The maximum Gasteiger partial charge on any atom is 0.242 e. The summed E-state index contributed by atoms with van der Waals surface area (Å²) in [6.45, 7) is 6.63. The normalized spacial score (nSPS) is 14.1. The van der Waals surface area contributed by atoms with Gasteiger partial charge in [0.2, 0.25) is 5.91 Å². The molecule has 0 fully saturated rings. The first-order chi connectivity index (χ1) is 9.93. The van der Waals surface area contributed by atoms with Crippen LogP contribution in [0, 0.1) is 5.92 Å². The van der Waals surface area contributed by atoms with Crippen LogP contribution in [0.25, 0.3) is 5.69 Å². The van der Waals surface area contributed by atoms with Crippen LogP contribution in [0.15, 0.2) is 30.6 Å². The number of aromatic nitrogens is 4.